The lowest BCUT2D eigenvalue weighted by atomic mass is 9.99. The minimum Gasteiger partial charge on any atom is -0.445 e. The largest absolute Gasteiger partial charge is 0.445 e. The van der Waals surface area contributed by atoms with Crippen LogP contribution in [0.25, 0.3) is 0 Å². The van der Waals surface area contributed by atoms with Crippen molar-refractivity contribution in [3.05, 3.63) is 105 Å². The molecule has 3 nitrogen and oxygen atoms in total. The number of rotatable bonds is 5. The van der Waals surface area contributed by atoms with Gasteiger partial charge in [0.25, 0.3) is 0 Å². The summed E-state index contributed by atoms with van der Waals surface area (Å²) in [6.07, 6.45) is -1.05. The SMILES string of the molecule is O=C(O[C@H](C(=O)c1ccccc1)c1ccc(Cl)cc1)c1ccc(Br)cc1. The second-order valence-electron chi connectivity index (χ2n) is 5.57. The first-order valence-electron chi connectivity index (χ1n) is 7.86. The molecule has 0 amide bonds. The van der Waals surface area contributed by atoms with Crippen molar-refractivity contribution in [3.63, 3.8) is 0 Å². The first-order chi connectivity index (χ1) is 12.5. The number of halogens is 2. The molecule has 0 N–H and O–H groups in total. The minimum atomic E-state index is -1.05. The number of ether oxygens (including phenoxy) is 1. The molecular weight excluding hydrogens is 416 g/mol. The van der Waals surface area contributed by atoms with E-state index in [4.69, 9.17) is 16.3 Å². The van der Waals surface area contributed by atoms with Gasteiger partial charge < -0.3 is 4.74 Å². The van der Waals surface area contributed by atoms with E-state index in [0.29, 0.717) is 21.7 Å². The number of carbonyl (C=O) groups is 2. The van der Waals surface area contributed by atoms with Gasteiger partial charge in [0.2, 0.25) is 5.78 Å². The molecule has 0 saturated carbocycles. The molecule has 0 saturated heterocycles. The van der Waals surface area contributed by atoms with Crippen LogP contribution >= 0.6 is 27.5 Å². The molecule has 0 aliphatic rings. The smallest absolute Gasteiger partial charge is 0.339 e. The topological polar surface area (TPSA) is 43.4 Å². The third kappa shape index (κ3) is 4.40. The zero-order valence-electron chi connectivity index (χ0n) is 13.6. The van der Waals surface area contributed by atoms with E-state index < -0.39 is 12.1 Å². The predicted molar refractivity (Wildman–Crippen MR) is 105 cm³/mol. The van der Waals surface area contributed by atoms with Gasteiger partial charge in [0.1, 0.15) is 0 Å². The van der Waals surface area contributed by atoms with E-state index in [9.17, 15) is 9.59 Å². The highest BCUT2D eigenvalue weighted by molar-refractivity contribution is 9.10. The van der Waals surface area contributed by atoms with Gasteiger partial charge in [-0.25, -0.2) is 4.79 Å². The Balaban J connectivity index is 1.92. The Morgan fingerprint density at radius 1 is 0.808 bits per heavy atom. The van der Waals surface area contributed by atoms with Crippen molar-refractivity contribution < 1.29 is 14.3 Å². The van der Waals surface area contributed by atoms with Crippen molar-refractivity contribution in [1.29, 1.82) is 0 Å². The molecule has 0 aliphatic carbocycles. The van der Waals surface area contributed by atoms with Crippen LogP contribution in [-0.2, 0) is 4.74 Å². The van der Waals surface area contributed by atoms with Gasteiger partial charge in [0.05, 0.1) is 5.56 Å². The number of esters is 1. The van der Waals surface area contributed by atoms with Gasteiger partial charge in [-0.15, -0.1) is 0 Å². The molecule has 130 valence electrons. The predicted octanol–water partition coefficient (Wildman–Crippen LogP) is 5.88. The number of hydrogen-bond donors (Lipinski definition) is 0. The molecule has 1 atom stereocenters. The highest BCUT2D eigenvalue weighted by Gasteiger charge is 2.26. The molecular formula is C21H14BrClO3. The molecule has 0 aliphatic heterocycles. The molecule has 5 heteroatoms. The number of carbonyl (C=O) groups excluding carboxylic acids is 2. The maximum Gasteiger partial charge on any atom is 0.339 e. The lowest BCUT2D eigenvalue weighted by Crippen LogP contribution is -2.20. The third-order valence-electron chi connectivity index (χ3n) is 3.77. The Hall–Kier alpha value is -2.43. The molecule has 26 heavy (non-hydrogen) atoms. The average molecular weight is 430 g/mol. The fourth-order valence-corrected chi connectivity index (χ4v) is 2.82. The molecule has 0 radical (unpaired) electrons. The number of benzene rings is 3. The normalized spacial score (nSPS) is 11.6. The summed E-state index contributed by atoms with van der Waals surface area (Å²) >= 11 is 9.26. The molecule has 3 rings (SSSR count). The second kappa shape index (κ2) is 8.30. The standard InChI is InChI=1S/C21H14BrClO3/c22-17-10-6-16(7-11-17)21(25)26-20(15-8-12-18(23)13-9-15)19(24)14-4-2-1-3-5-14/h1-13,20H/t20-/m0/s1. The van der Waals surface area contributed by atoms with Gasteiger partial charge in [0.15, 0.2) is 6.10 Å². The van der Waals surface area contributed by atoms with Crippen molar-refractivity contribution in [2.75, 3.05) is 0 Å². The van der Waals surface area contributed by atoms with Crippen LogP contribution in [-0.4, -0.2) is 11.8 Å². The molecule has 0 bridgehead atoms. The fourth-order valence-electron chi connectivity index (χ4n) is 2.43. The van der Waals surface area contributed by atoms with Gasteiger partial charge in [-0.1, -0.05) is 70.0 Å². The second-order valence-corrected chi connectivity index (χ2v) is 6.93. The summed E-state index contributed by atoms with van der Waals surface area (Å²) in [5.41, 5.74) is 1.40. The van der Waals surface area contributed by atoms with E-state index >= 15 is 0 Å². The van der Waals surface area contributed by atoms with Gasteiger partial charge in [-0.2, -0.15) is 0 Å². The maximum atomic E-state index is 12.9. The quantitative estimate of drug-likeness (QED) is 0.375. The first-order valence-corrected chi connectivity index (χ1v) is 9.03. The summed E-state index contributed by atoms with van der Waals surface area (Å²) in [5.74, 6) is -0.861. The van der Waals surface area contributed by atoms with Gasteiger partial charge in [0, 0.05) is 20.6 Å². The van der Waals surface area contributed by atoms with Crippen LogP contribution in [0.5, 0.6) is 0 Å². The molecule has 0 heterocycles. The van der Waals surface area contributed by atoms with Crippen LogP contribution in [0, 0.1) is 0 Å². The Morgan fingerprint density at radius 3 is 2.04 bits per heavy atom. The summed E-state index contributed by atoms with van der Waals surface area (Å²) in [6.45, 7) is 0. The van der Waals surface area contributed by atoms with Gasteiger partial charge >= 0.3 is 5.97 Å². The Bertz CT molecular complexity index is 906. The molecule has 0 unspecified atom stereocenters. The minimum absolute atomic E-state index is 0.293. The molecule has 0 aromatic heterocycles. The lowest BCUT2D eigenvalue weighted by Gasteiger charge is -2.17. The van der Waals surface area contributed by atoms with E-state index in [0.717, 1.165) is 4.47 Å². The third-order valence-corrected chi connectivity index (χ3v) is 4.55. The lowest BCUT2D eigenvalue weighted by molar-refractivity contribution is 0.0280. The van der Waals surface area contributed by atoms with E-state index in [1.165, 1.54) is 0 Å². The molecule has 0 spiro atoms. The summed E-state index contributed by atoms with van der Waals surface area (Å²) in [4.78, 5) is 25.5. The summed E-state index contributed by atoms with van der Waals surface area (Å²) in [5, 5.41) is 0.541. The van der Waals surface area contributed by atoms with Crippen LogP contribution in [0.3, 0.4) is 0 Å². The first kappa shape index (κ1) is 18.4. The van der Waals surface area contributed by atoms with Crippen LogP contribution in [0.1, 0.15) is 32.4 Å². The Morgan fingerprint density at radius 2 is 1.42 bits per heavy atom. The van der Waals surface area contributed by atoms with Gasteiger partial charge in [-0.3, -0.25) is 4.79 Å². The summed E-state index contributed by atoms with van der Waals surface area (Å²) in [6, 6.07) is 22.2. The van der Waals surface area contributed by atoms with Crippen molar-refractivity contribution in [1.82, 2.24) is 0 Å². The van der Waals surface area contributed by atoms with Crippen LogP contribution in [0.4, 0.5) is 0 Å². The average Bonchev–Trinajstić information content (AvgIpc) is 2.67. The van der Waals surface area contributed by atoms with Crippen LogP contribution in [0.2, 0.25) is 5.02 Å². The van der Waals surface area contributed by atoms with Crippen LogP contribution < -0.4 is 0 Å². The Kier molecular flexibility index (Phi) is 5.86. The van der Waals surface area contributed by atoms with Gasteiger partial charge in [-0.05, 0) is 36.4 Å². The molecule has 3 aromatic rings. The molecule has 3 aromatic carbocycles. The maximum absolute atomic E-state index is 12.9. The van der Waals surface area contributed by atoms with Crippen molar-refractivity contribution in [3.8, 4) is 0 Å². The molecule has 0 fully saturated rings. The zero-order chi connectivity index (χ0) is 18.5. The summed E-state index contributed by atoms with van der Waals surface area (Å²) < 4.78 is 6.42. The number of ketones is 1. The fraction of sp³-hybridized carbons (Fsp3) is 0.0476. The monoisotopic (exact) mass is 428 g/mol. The Labute approximate surface area is 164 Å². The highest BCUT2D eigenvalue weighted by Crippen LogP contribution is 2.25. The van der Waals surface area contributed by atoms with E-state index in [1.54, 1.807) is 72.8 Å². The zero-order valence-corrected chi connectivity index (χ0v) is 15.9. The van der Waals surface area contributed by atoms with E-state index in [-0.39, 0.29) is 5.78 Å². The van der Waals surface area contributed by atoms with E-state index in [1.807, 2.05) is 6.07 Å². The van der Waals surface area contributed by atoms with Crippen LogP contribution in [0.15, 0.2) is 83.3 Å². The number of Topliss-reactive ketones (excluding diaryl/α,β-unsaturated/α-hetero) is 1. The summed E-state index contributed by atoms with van der Waals surface area (Å²) in [7, 11) is 0. The van der Waals surface area contributed by atoms with Crippen molar-refractivity contribution >= 4 is 39.3 Å². The number of hydrogen-bond acceptors (Lipinski definition) is 3. The van der Waals surface area contributed by atoms with Crippen molar-refractivity contribution in [2.45, 2.75) is 6.10 Å². The van der Waals surface area contributed by atoms with E-state index in [2.05, 4.69) is 15.9 Å². The van der Waals surface area contributed by atoms with Crippen molar-refractivity contribution in [2.24, 2.45) is 0 Å². The highest BCUT2D eigenvalue weighted by atomic mass is 79.9.